The normalized spacial score (nSPS) is 11.2. The maximum Gasteiger partial charge on any atom is 0.306 e. The second-order valence-electron chi connectivity index (χ2n) is 4.20. The van der Waals surface area contributed by atoms with Gasteiger partial charge in [-0.1, -0.05) is 0 Å². The third kappa shape index (κ3) is 5.04. The summed E-state index contributed by atoms with van der Waals surface area (Å²) in [5.41, 5.74) is 5.65. The van der Waals surface area contributed by atoms with Crippen LogP contribution in [0.5, 0.6) is 0 Å². The lowest BCUT2D eigenvalue weighted by molar-refractivity contribution is -0.140. The predicted octanol–water partition coefficient (Wildman–Crippen LogP) is -0.0629. The monoisotopic (exact) mass is 315 g/mol. The fraction of sp³-hybridized carbons (Fsp3) is 0.333. The van der Waals surface area contributed by atoms with Crippen molar-refractivity contribution in [1.29, 1.82) is 0 Å². The van der Waals surface area contributed by atoms with E-state index in [1.165, 1.54) is 38.4 Å². The molecule has 1 amide bonds. The molecule has 116 valence electrons. The van der Waals surface area contributed by atoms with E-state index in [-0.39, 0.29) is 24.2 Å². The molecule has 1 aromatic carbocycles. The van der Waals surface area contributed by atoms with Crippen molar-refractivity contribution >= 4 is 27.8 Å². The van der Waals surface area contributed by atoms with Gasteiger partial charge in [0, 0.05) is 24.8 Å². The molecule has 0 aromatic heterocycles. The van der Waals surface area contributed by atoms with Gasteiger partial charge in [-0.05, 0) is 24.3 Å². The largest absolute Gasteiger partial charge is 0.469 e. The van der Waals surface area contributed by atoms with Gasteiger partial charge >= 0.3 is 16.2 Å². The Morgan fingerprint density at radius 1 is 1.29 bits per heavy atom. The van der Waals surface area contributed by atoms with Gasteiger partial charge in [-0.25, -0.2) is 0 Å². The van der Waals surface area contributed by atoms with Crippen molar-refractivity contribution in [3.8, 4) is 0 Å². The molecule has 1 rings (SSSR count). The average Bonchev–Trinajstić information content (AvgIpc) is 2.44. The summed E-state index contributed by atoms with van der Waals surface area (Å²) < 4.78 is 31.7. The molecule has 1 aromatic rings. The number of nitrogens with two attached hydrogens (primary N) is 1. The summed E-state index contributed by atoms with van der Waals surface area (Å²) in [6.07, 6.45) is -0.0471. The minimum absolute atomic E-state index is 0.0125. The summed E-state index contributed by atoms with van der Waals surface area (Å²) >= 11 is 0. The molecule has 21 heavy (non-hydrogen) atoms. The van der Waals surface area contributed by atoms with Gasteiger partial charge in [0.2, 0.25) is 5.91 Å². The number of anilines is 1. The van der Waals surface area contributed by atoms with Crippen molar-refractivity contribution in [3.05, 3.63) is 29.8 Å². The van der Waals surface area contributed by atoms with Gasteiger partial charge in [-0.2, -0.15) is 12.7 Å². The Morgan fingerprint density at radius 2 is 1.86 bits per heavy atom. The van der Waals surface area contributed by atoms with Crippen LogP contribution in [0.2, 0.25) is 0 Å². The Labute approximate surface area is 123 Å². The van der Waals surface area contributed by atoms with E-state index in [0.717, 1.165) is 4.31 Å². The third-order valence-corrected chi connectivity index (χ3v) is 4.18. The van der Waals surface area contributed by atoms with Gasteiger partial charge in [-0.15, -0.1) is 0 Å². The molecule has 0 unspecified atom stereocenters. The van der Waals surface area contributed by atoms with E-state index in [1.807, 2.05) is 0 Å². The number of benzene rings is 1. The molecule has 0 aliphatic carbocycles. The molecule has 3 N–H and O–H groups in total. The first-order valence-electron chi connectivity index (χ1n) is 5.97. The lowest BCUT2D eigenvalue weighted by Crippen LogP contribution is -2.34. The second kappa shape index (κ2) is 7.04. The van der Waals surface area contributed by atoms with Crippen molar-refractivity contribution in [3.63, 3.8) is 0 Å². The van der Waals surface area contributed by atoms with Gasteiger partial charge in [0.15, 0.2) is 0 Å². The SMILES string of the molecule is COC(=O)CCN(C)S(=O)(=O)Nc1ccc(C(N)=O)cc1. The van der Waals surface area contributed by atoms with Crippen molar-refractivity contribution in [1.82, 2.24) is 4.31 Å². The Balaban J connectivity index is 2.70. The van der Waals surface area contributed by atoms with Crippen LogP contribution in [0, 0.1) is 0 Å². The molecule has 0 fully saturated rings. The highest BCUT2D eigenvalue weighted by atomic mass is 32.2. The average molecular weight is 315 g/mol. The molecule has 8 nitrogen and oxygen atoms in total. The van der Waals surface area contributed by atoms with E-state index in [0.29, 0.717) is 0 Å². The van der Waals surface area contributed by atoms with Gasteiger partial charge in [0.25, 0.3) is 0 Å². The van der Waals surface area contributed by atoms with E-state index >= 15 is 0 Å². The van der Waals surface area contributed by atoms with Crippen LogP contribution in [0.15, 0.2) is 24.3 Å². The summed E-state index contributed by atoms with van der Waals surface area (Å²) in [4.78, 5) is 21.9. The topological polar surface area (TPSA) is 119 Å². The molecule has 0 saturated carbocycles. The van der Waals surface area contributed by atoms with Gasteiger partial charge in [0.05, 0.1) is 13.5 Å². The van der Waals surface area contributed by atoms with Crippen LogP contribution in [0.4, 0.5) is 5.69 Å². The van der Waals surface area contributed by atoms with Crippen LogP contribution in [-0.2, 0) is 19.7 Å². The first-order chi connectivity index (χ1) is 9.76. The lowest BCUT2D eigenvalue weighted by Gasteiger charge is -2.17. The molecule has 0 spiro atoms. The third-order valence-electron chi connectivity index (χ3n) is 2.69. The molecule has 9 heteroatoms. The predicted molar refractivity (Wildman–Crippen MR) is 76.8 cm³/mol. The van der Waals surface area contributed by atoms with E-state index in [4.69, 9.17) is 5.73 Å². The summed E-state index contributed by atoms with van der Waals surface area (Å²) in [6.45, 7) is -0.0125. The Hall–Kier alpha value is -2.13. The molecule has 0 saturated heterocycles. The summed E-state index contributed by atoms with van der Waals surface area (Å²) in [5.74, 6) is -1.09. The highest BCUT2D eigenvalue weighted by Gasteiger charge is 2.18. The maximum atomic E-state index is 12.0. The van der Waals surface area contributed by atoms with Crippen LogP contribution < -0.4 is 10.5 Å². The van der Waals surface area contributed by atoms with Crippen molar-refractivity contribution < 1.29 is 22.7 Å². The van der Waals surface area contributed by atoms with Crippen LogP contribution in [-0.4, -0.2) is 45.3 Å². The number of carbonyl (C=O) groups is 2. The van der Waals surface area contributed by atoms with E-state index < -0.39 is 22.1 Å². The number of hydrogen-bond donors (Lipinski definition) is 2. The number of esters is 1. The van der Waals surface area contributed by atoms with Gasteiger partial charge < -0.3 is 10.5 Å². The fourth-order valence-corrected chi connectivity index (χ4v) is 2.32. The summed E-state index contributed by atoms with van der Waals surface area (Å²) in [7, 11) is -1.22. The first-order valence-corrected chi connectivity index (χ1v) is 7.41. The highest BCUT2D eigenvalue weighted by Crippen LogP contribution is 2.12. The number of methoxy groups -OCH3 is 1. The standard InChI is InChI=1S/C12H17N3O5S/c1-15(8-7-11(16)20-2)21(18,19)14-10-5-3-9(4-6-10)12(13)17/h3-6,14H,7-8H2,1-2H3,(H2,13,17). The molecule has 0 heterocycles. The van der Waals surface area contributed by atoms with Crippen LogP contribution in [0.1, 0.15) is 16.8 Å². The maximum absolute atomic E-state index is 12.0. The zero-order chi connectivity index (χ0) is 16.0. The number of carbonyl (C=O) groups excluding carboxylic acids is 2. The van der Waals surface area contributed by atoms with Gasteiger partial charge in [-0.3, -0.25) is 14.3 Å². The number of amides is 1. The van der Waals surface area contributed by atoms with E-state index in [1.54, 1.807) is 0 Å². The number of ether oxygens (including phenoxy) is 1. The van der Waals surface area contributed by atoms with E-state index in [9.17, 15) is 18.0 Å². The quantitative estimate of drug-likeness (QED) is 0.683. The fourth-order valence-electron chi connectivity index (χ4n) is 1.40. The number of nitrogens with one attached hydrogen (secondary N) is 1. The number of nitrogens with zero attached hydrogens (tertiary/aromatic N) is 1. The summed E-state index contributed by atoms with van der Waals surface area (Å²) in [5, 5.41) is 0. The smallest absolute Gasteiger partial charge is 0.306 e. The second-order valence-corrected chi connectivity index (χ2v) is 5.97. The Bertz CT molecular complexity index is 612. The number of primary amides is 1. The molecule has 0 bridgehead atoms. The molecule has 0 aliphatic rings. The van der Waals surface area contributed by atoms with Gasteiger partial charge in [0.1, 0.15) is 0 Å². The van der Waals surface area contributed by atoms with Crippen LogP contribution >= 0.6 is 0 Å². The molecular formula is C12H17N3O5S. The molecule has 0 aliphatic heterocycles. The van der Waals surface area contributed by atoms with Crippen molar-refractivity contribution in [2.45, 2.75) is 6.42 Å². The zero-order valence-electron chi connectivity index (χ0n) is 11.7. The highest BCUT2D eigenvalue weighted by molar-refractivity contribution is 7.90. The van der Waals surface area contributed by atoms with Crippen molar-refractivity contribution in [2.24, 2.45) is 5.73 Å². The molecule has 0 radical (unpaired) electrons. The number of rotatable bonds is 7. The minimum atomic E-state index is -3.79. The Kier molecular flexibility index (Phi) is 5.68. The zero-order valence-corrected chi connectivity index (χ0v) is 12.5. The minimum Gasteiger partial charge on any atom is -0.469 e. The molecular weight excluding hydrogens is 298 g/mol. The van der Waals surface area contributed by atoms with Crippen LogP contribution in [0.3, 0.4) is 0 Å². The van der Waals surface area contributed by atoms with Crippen LogP contribution in [0.25, 0.3) is 0 Å². The van der Waals surface area contributed by atoms with Crippen molar-refractivity contribution in [2.75, 3.05) is 25.4 Å². The summed E-state index contributed by atoms with van der Waals surface area (Å²) in [6, 6.07) is 5.67. The lowest BCUT2D eigenvalue weighted by atomic mass is 10.2. The molecule has 0 atom stereocenters. The number of hydrogen-bond acceptors (Lipinski definition) is 5. The Morgan fingerprint density at radius 3 is 2.33 bits per heavy atom. The first kappa shape index (κ1) is 16.9. The van der Waals surface area contributed by atoms with E-state index in [2.05, 4.69) is 9.46 Å².